The third kappa shape index (κ3) is 2.43. The van der Waals surface area contributed by atoms with Gasteiger partial charge >= 0.3 is 0 Å². The first kappa shape index (κ1) is 10.0. The first-order valence-electron chi connectivity index (χ1n) is 3.28. The van der Waals surface area contributed by atoms with Crippen molar-refractivity contribution in [2.75, 3.05) is 6.54 Å². The highest BCUT2D eigenvalue weighted by Crippen LogP contribution is 2.17. The minimum Gasteiger partial charge on any atom is -0.343 e. The average Bonchev–Trinajstić information content (AvgIpc) is 2.43. The third-order valence-corrected chi connectivity index (χ3v) is 1.82. The van der Waals surface area contributed by atoms with Crippen molar-refractivity contribution in [1.82, 2.24) is 15.3 Å². The lowest BCUT2D eigenvalue weighted by Gasteiger charge is -1.94. The highest BCUT2D eigenvalue weighted by molar-refractivity contribution is 6.40. The summed E-state index contributed by atoms with van der Waals surface area (Å²) in [6.07, 6.45) is 0.560. The Morgan fingerprint density at radius 3 is 2.77 bits per heavy atom. The monoisotopic (exact) mass is 221 g/mol. The van der Waals surface area contributed by atoms with Crippen LogP contribution in [0.5, 0.6) is 0 Å². The number of nitrogens with one attached hydrogen (secondary N) is 2. The number of carbonyl (C=O) groups is 2. The molecule has 0 radical (unpaired) electrons. The number of carbonyl (C=O) groups excluding carboxylic acids is 2. The van der Waals surface area contributed by atoms with Gasteiger partial charge < -0.3 is 15.1 Å². The Bertz CT molecular complexity index is 317. The summed E-state index contributed by atoms with van der Waals surface area (Å²) in [4.78, 5) is 27.1. The van der Waals surface area contributed by atoms with Crippen molar-refractivity contribution in [2.45, 2.75) is 0 Å². The molecule has 2 N–H and O–H groups in total. The molecule has 70 valence electrons. The Hall–Kier alpha value is -1.07. The molecule has 1 aromatic heterocycles. The first-order chi connectivity index (χ1) is 6.15. The highest BCUT2D eigenvalue weighted by atomic mass is 35.5. The highest BCUT2D eigenvalue weighted by Gasteiger charge is 2.12. The number of H-pyrrole nitrogens is 1. The van der Waals surface area contributed by atoms with Crippen LogP contribution >= 0.6 is 23.2 Å². The zero-order valence-electron chi connectivity index (χ0n) is 6.30. The number of aldehydes is 1. The molecule has 0 aliphatic heterocycles. The minimum absolute atomic E-state index is 0.0168. The number of aromatic amines is 1. The van der Waals surface area contributed by atoms with Crippen LogP contribution in [-0.2, 0) is 4.79 Å². The van der Waals surface area contributed by atoms with Crippen LogP contribution in [0.3, 0.4) is 0 Å². The maximum atomic E-state index is 11.1. The van der Waals surface area contributed by atoms with Crippen LogP contribution in [0.4, 0.5) is 0 Å². The van der Waals surface area contributed by atoms with E-state index < -0.39 is 5.91 Å². The van der Waals surface area contributed by atoms with Gasteiger partial charge in [0.05, 0.1) is 6.54 Å². The van der Waals surface area contributed by atoms with Crippen molar-refractivity contribution in [3.8, 4) is 0 Å². The summed E-state index contributed by atoms with van der Waals surface area (Å²) in [6.45, 7) is -0.0746. The lowest BCUT2D eigenvalue weighted by atomic mass is 10.5. The number of imidazole rings is 1. The van der Waals surface area contributed by atoms with E-state index >= 15 is 0 Å². The van der Waals surface area contributed by atoms with Crippen LogP contribution in [0.2, 0.25) is 10.3 Å². The molecule has 1 amide bonds. The number of rotatable bonds is 3. The van der Waals surface area contributed by atoms with Gasteiger partial charge in [-0.15, -0.1) is 0 Å². The number of nitrogens with zero attached hydrogens (tertiary/aromatic N) is 1. The molecule has 0 atom stereocenters. The van der Waals surface area contributed by atoms with Gasteiger partial charge in [0.25, 0.3) is 5.91 Å². The number of amides is 1. The summed E-state index contributed by atoms with van der Waals surface area (Å²) < 4.78 is 0. The molecule has 0 spiro atoms. The van der Waals surface area contributed by atoms with E-state index in [-0.39, 0.29) is 22.7 Å². The molecule has 5 nitrogen and oxygen atoms in total. The summed E-state index contributed by atoms with van der Waals surface area (Å²) in [5, 5.41) is 2.39. The van der Waals surface area contributed by atoms with Gasteiger partial charge in [-0.05, 0) is 0 Å². The lowest BCUT2D eigenvalue weighted by Crippen LogP contribution is -2.26. The van der Waals surface area contributed by atoms with Gasteiger partial charge in [-0.2, -0.15) is 0 Å². The van der Waals surface area contributed by atoms with Gasteiger partial charge in [-0.25, -0.2) is 4.98 Å². The molecule has 1 heterocycles. The van der Waals surface area contributed by atoms with Crippen LogP contribution in [0.15, 0.2) is 0 Å². The molecule has 1 rings (SSSR count). The van der Waals surface area contributed by atoms with Gasteiger partial charge in [0.1, 0.15) is 11.4 Å². The van der Waals surface area contributed by atoms with Crippen molar-refractivity contribution >= 4 is 35.4 Å². The van der Waals surface area contributed by atoms with Gasteiger partial charge in [0, 0.05) is 0 Å². The molecule has 0 unspecified atom stereocenters. The number of halogens is 2. The van der Waals surface area contributed by atoms with E-state index in [2.05, 4.69) is 15.3 Å². The molecular formula is C6H5Cl2N3O2. The number of hydrogen-bond acceptors (Lipinski definition) is 3. The SMILES string of the molecule is O=CCNC(=O)c1nc(Cl)c(Cl)[nH]1. The normalized spacial score (nSPS) is 9.69. The smallest absolute Gasteiger partial charge is 0.287 e. The minimum atomic E-state index is -0.527. The van der Waals surface area contributed by atoms with Crippen molar-refractivity contribution in [3.05, 3.63) is 16.1 Å². The van der Waals surface area contributed by atoms with Gasteiger partial charge in [0.15, 0.2) is 11.0 Å². The summed E-state index contributed by atoms with van der Waals surface area (Å²) in [5.41, 5.74) is 0. The largest absolute Gasteiger partial charge is 0.343 e. The Labute approximate surface area is 83.4 Å². The second-order valence-corrected chi connectivity index (χ2v) is 2.80. The van der Waals surface area contributed by atoms with Crippen LogP contribution in [0, 0.1) is 0 Å². The second kappa shape index (κ2) is 4.25. The average molecular weight is 222 g/mol. The second-order valence-electron chi connectivity index (χ2n) is 2.07. The fourth-order valence-corrected chi connectivity index (χ4v) is 0.920. The van der Waals surface area contributed by atoms with E-state index in [1.54, 1.807) is 0 Å². The van der Waals surface area contributed by atoms with E-state index in [9.17, 15) is 9.59 Å². The fraction of sp³-hybridized carbons (Fsp3) is 0.167. The Morgan fingerprint density at radius 2 is 2.31 bits per heavy atom. The van der Waals surface area contributed by atoms with E-state index in [1.165, 1.54) is 0 Å². The van der Waals surface area contributed by atoms with E-state index in [0.29, 0.717) is 6.29 Å². The molecule has 0 aliphatic carbocycles. The zero-order chi connectivity index (χ0) is 9.84. The maximum absolute atomic E-state index is 11.1. The predicted octanol–water partition coefficient (Wildman–Crippen LogP) is 0.645. The summed E-state index contributed by atoms with van der Waals surface area (Å²) in [7, 11) is 0. The molecule has 0 fully saturated rings. The standard InChI is InChI=1S/C6H5Cl2N3O2/c7-3-4(8)11-5(10-3)6(13)9-1-2-12/h2H,1H2,(H,9,13)(H,10,11). The molecule has 0 aromatic carbocycles. The Balaban J connectivity index is 2.71. The molecule has 13 heavy (non-hydrogen) atoms. The number of hydrogen-bond donors (Lipinski definition) is 2. The molecule has 0 saturated heterocycles. The van der Waals surface area contributed by atoms with Crippen LogP contribution in [0.25, 0.3) is 0 Å². The summed E-state index contributed by atoms with van der Waals surface area (Å²) in [5.74, 6) is -0.544. The van der Waals surface area contributed by atoms with Crippen molar-refractivity contribution in [1.29, 1.82) is 0 Å². The van der Waals surface area contributed by atoms with E-state index in [1.807, 2.05) is 0 Å². The third-order valence-electron chi connectivity index (χ3n) is 1.18. The predicted molar refractivity (Wildman–Crippen MR) is 47.0 cm³/mol. The van der Waals surface area contributed by atoms with Crippen LogP contribution in [0.1, 0.15) is 10.6 Å². The quantitative estimate of drug-likeness (QED) is 0.737. The van der Waals surface area contributed by atoms with Gasteiger partial charge in [-0.1, -0.05) is 23.2 Å². The molecular weight excluding hydrogens is 217 g/mol. The zero-order valence-corrected chi connectivity index (χ0v) is 7.82. The summed E-state index contributed by atoms with van der Waals surface area (Å²) >= 11 is 11.0. The fourth-order valence-electron chi connectivity index (χ4n) is 0.656. The molecule has 0 bridgehead atoms. The Morgan fingerprint density at radius 1 is 1.62 bits per heavy atom. The van der Waals surface area contributed by atoms with E-state index in [4.69, 9.17) is 23.2 Å². The Kier molecular flexibility index (Phi) is 3.27. The number of aromatic nitrogens is 2. The maximum Gasteiger partial charge on any atom is 0.287 e. The molecule has 1 aromatic rings. The van der Waals surface area contributed by atoms with Gasteiger partial charge in [-0.3, -0.25) is 4.79 Å². The van der Waals surface area contributed by atoms with Crippen molar-refractivity contribution in [2.24, 2.45) is 0 Å². The topological polar surface area (TPSA) is 74.8 Å². The van der Waals surface area contributed by atoms with Crippen molar-refractivity contribution in [3.63, 3.8) is 0 Å². The van der Waals surface area contributed by atoms with Crippen LogP contribution < -0.4 is 5.32 Å². The first-order valence-corrected chi connectivity index (χ1v) is 4.03. The van der Waals surface area contributed by atoms with Crippen molar-refractivity contribution < 1.29 is 9.59 Å². The summed E-state index contributed by atoms with van der Waals surface area (Å²) in [6, 6.07) is 0. The van der Waals surface area contributed by atoms with Crippen LogP contribution in [-0.4, -0.2) is 28.7 Å². The lowest BCUT2D eigenvalue weighted by molar-refractivity contribution is -0.107. The molecule has 0 aliphatic rings. The van der Waals surface area contributed by atoms with E-state index in [0.717, 1.165) is 0 Å². The molecule has 7 heteroatoms. The van der Waals surface area contributed by atoms with Gasteiger partial charge in [0.2, 0.25) is 0 Å². The molecule has 0 saturated carbocycles.